The number of nitrogens with one attached hydrogen (secondary N) is 2. The van der Waals surface area contributed by atoms with E-state index >= 15 is 0 Å². The molecule has 2 N–H and O–H groups in total. The van der Waals surface area contributed by atoms with E-state index in [9.17, 15) is 18.0 Å². The summed E-state index contributed by atoms with van der Waals surface area (Å²) in [7, 11) is -3.63. The predicted octanol–water partition coefficient (Wildman–Crippen LogP) is 2.29. The number of amides is 2. The lowest BCUT2D eigenvalue weighted by molar-refractivity contribution is -0.134. The number of hydrogen-bond acceptors (Lipinski definition) is 5. The van der Waals surface area contributed by atoms with Gasteiger partial charge in [-0.2, -0.15) is 4.31 Å². The predicted molar refractivity (Wildman–Crippen MR) is 120 cm³/mol. The van der Waals surface area contributed by atoms with Crippen LogP contribution >= 0.6 is 0 Å². The molecule has 1 atom stereocenters. The molecule has 8 heteroatoms. The van der Waals surface area contributed by atoms with Gasteiger partial charge in [-0.15, -0.1) is 0 Å². The lowest BCUT2D eigenvalue weighted by atomic mass is 9.89. The van der Waals surface area contributed by atoms with Crippen LogP contribution < -0.4 is 10.6 Å². The highest BCUT2D eigenvalue weighted by Crippen LogP contribution is 2.33. The number of imide groups is 1. The number of rotatable bonds is 4. The Labute approximate surface area is 187 Å². The van der Waals surface area contributed by atoms with Gasteiger partial charge in [0.25, 0.3) is 0 Å². The van der Waals surface area contributed by atoms with Crippen LogP contribution in [-0.4, -0.2) is 37.6 Å². The monoisotopic (exact) mass is 451 g/mol. The standard InChI is InChI=1S/C24H25N3O4S/c28-23-8-7-22(24(29)26-23)18-1-2-19-14-27(15-20(19)13-18)32(30,31)21-5-3-16(4-6-21)17-9-11-25-12-10-17/h1-6,9,13,22,25H,7-8,10-12,14-15H2,(H,26,28,29). The molecule has 5 rings (SSSR count). The Bertz CT molecular complexity index is 1220. The maximum Gasteiger partial charge on any atom is 0.243 e. The van der Waals surface area contributed by atoms with Gasteiger partial charge in [-0.3, -0.25) is 14.9 Å². The van der Waals surface area contributed by atoms with E-state index in [0.29, 0.717) is 19.4 Å². The summed E-state index contributed by atoms with van der Waals surface area (Å²) in [6.45, 7) is 2.35. The molecule has 0 saturated carbocycles. The van der Waals surface area contributed by atoms with Crippen molar-refractivity contribution in [2.75, 3.05) is 13.1 Å². The number of carbonyl (C=O) groups is 2. The van der Waals surface area contributed by atoms with Crippen LogP contribution in [0.4, 0.5) is 0 Å². The van der Waals surface area contributed by atoms with Gasteiger partial charge < -0.3 is 5.32 Å². The third-order valence-corrected chi connectivity index (χ3v) is 8.30. The van der Waals surface area contributed by atoms with Crippen LogP contribution in [0, 0.1) is 0 Å². The molecule has 0 aliphatic carbocycles. The zero-order chi connectivity index (χ0) is 22.3. The molecule has 0 aromatic heterocycles. The first-order valence-electron chi connectivity index (χ1n) is 10.9. The molecule has 0 radical (unpaired) electrons. The molecule has 0 bridgehead atoms. The smallest absolute Gasteiger partial charge is 0.243 e. The molecule has 166 valence electrons. The molecule has 2 amide bonds. The van der Waals surface area contributed by atoms with Crippen LogP contribution in [0.5, 0.6) is 0 Å². The van der Waals surface area contributed by atoms with E-state index in [0.717, 1.165) is 41.8 Å². The number of nitrogens with zero attached hydrogens (tertiary/aromatic N) is 1. The fraction of sp³-hybridized carbons (Fsp3) is 0.333. The van der Waals surface area contributed by atoms with Gasteiger partial charge >= 0.3 is 0 Å². The van der Waals surface area contributed by atoms with E-state index in [1.54, 1.807) is 12.1 Å². The van der Waals surface area contributed by atoms with Crippen LogP contribution in [0.15, 0.2) is 53.4 Å². The van der Waals surface area contributed by atoms with E-state index in [2.05, 4.69) is 16.7 Å². The second-order valence-electron chi connectivity index (χ2n) is 8.51. The zero-order valence-corrected chi connectivity index (χ0v) is 18.5. The Morgan fingerprint density at radius 2 is 1.72 bits per heavy atom. The van der Waals surface area contributed by atoms with Gasteiger partial charge in [0.15, 0.2) is 0 Å². The molecule has 1 fully saturated rings. The minimum atomic E-state index is -3.63. The summed E-state index contributed by atoms with van der Waals surface area (Å²) in [6, 6.07) is 12.8. The molecule has 2 aromatic carbocycles. The summed E-state index contributed by atoms with van der Waals surface area (Å²) in [5.74, 6) is -0.903. The van der Waals surface area contributed by atoms with E-state index in [1.807, 2.05) is 30.3 Å². The number of hydrogen-bond donors (Lipinski definition) is 2. The van der Waals surface area contributed by atoms with Crippen LogP contribution in [0.3, 0.4) is 0 Å². The second kappa shape index (κ2) is 8.27. The average molecular weight is 452 g/mol. The number of benzene rings is 2. The van der Waals surface area contributed by atoms with Gasteiger partial charge in [0.2, 0.25) is 21.8 Å². The lowest BCUT2D eigenvalue weighted by Crippen LogP contribution is -2.39. The molecule has 32 heavy (non-hydrogen) atoms. The molecule has 2 aromatic rings. The summed E-state index contributed by atoms with van der Waals surface area (Å²) in [5.41, 5.74) is 4.98. The van der Waals surface area contributed by atoms with Crippen molar-refractivity contribution < 1.29 is 18.0 Å². The van der Waals surface area contributed by atoms with Gasteiger partial charge in [-0.25, -0.2) is 8.42 Å². The normalized spacial score (nSPS) is 21.8. The highest BCUT2D eigenvalue weighted by Gasteiger charge is 2.33. The molecule has 0 spiro atoms. The molecule has 1 unspecified atom stereocenters. The maximum atomic E-state index is 13.3. The zero-order valence-electron chi connectivity index (χ0n) is 17.6. The van der Waals surface area contributed by atoms with Crippen molar-refractivity contribution in [3.8, 4) is 0 Å². The van der Waals surface area contributed by atoms with Crippen LogP contribution in [0.25, 0.3) is 5.57 Å². The van der Waals surface area contributed by atoms with Crippen LogP contribution in [0.1, 0.15) is 47.4 Å². The van der Waals surface area contributed by atoms with Crippen molar-refractivity contribution in [2.45, 2.75) is 43.2 Å². The fourth-order valence-corrected chi connectivity index (χ4v) is 6.05. The quantitative estimate of drug-likeness (QED) is 0.696. The minimum Gasteiger partial charge on any atom is -0.313 e. The number of piperidine rings is 1. The largest absolute Gasteiger partial charge is 0.313 e. The fourth-order valence-electron chi connectivity index (χ4n) is 4.66. The minimum absolute atomic E-state index is 0.243. The van der Waals surface area contributed by atoms with Gasteiger partial charge in [-0.1, -0.05) is 36.4 Å². The van der Waals surface area contributed by atoms with Crippen molar-refractivity contribution in [3.63, 3.8) is 0 Å². The Kier molecular flexibility index (Phi) is 5.44. The van der Waals surface area contributed by atoms with Crippen molar-refractivity contribution >= 4 is 27.4 Å². The third-order valence-electron chi connectivity index (χ3n) is 6.49. The molecule has 3 heterocycles. The van der Waals surface area contributed by atoms with Crippen LogP contribution in [-0.2, 0) is 32.7 Å². The van der Waals surface area contributed by atoms with Gasteiger partial charge in [0.05, 0.1) is 10.8 Å². The maximum absolute atomic E-state index is 13.3. The summed E-state index contributed by atoms with van der Waals surface area (Å²) < 4.78 is 28.0. The second-order valence-corrected chi connectivity index (χ2v) is 10.5. The third kappa shape index (κ3) is 3.90. The van der Waals surface area contributed by atoms with E-state index in [4.69, 9.17) is 0 Å². The van der Waals surface area contributed by atoms with Crippen LogP contribution in [0.2, 0.25) is 0 Å². The van der Waals surface area contributed by atoms with Crippen molar-refractivity contribution in [2.24, 2.45) is 0 Å². The first kappa shape index (κ1) is 21.1. The number of fused-ring (bicyclic) bond motifs is 1. The first-order valence-corrected chi connectivity index (χ1v) is 12.3. The highest BCUT2D eigenvalue weighted by atomic mass is 32.2. The number of carbonyl (C=O) groups excluding carboxylic acids is 2. The molecular weight excluding hydrogens is 426 g/mol. The average Bonchev–Trinajstić information content (AvgIpc) is 3.24. The van der Waals surface area contributed by atoms with Crippen molar-refractivity contribution in [3.05, 3.63) is 70.8 Å². The Morgan fingerprint density at radius 3 is 2.44 bits per heavy atom. The van der Waals surface area contributed by atoms with Crippen molar-refractivity contribution in [1.82, 2.24) is 14.9 Å². The van der Waals surface area contributed by atoms with E-state index in [1.165, 1.54) is 9.88 Å². The van der Waals surface area contributed by atoms with Gasteiger partial charge in [-0.05, 0) is 59.3 Å². The Morgan fingerprint density at radius 1 is 0.938 bits per heavy atom. The molecule has 3 aliphatic heterocycles. The van der Waals surface area contributed by atoms with Gasteiger partial charge in [0, 0.05) is 26.1 Å². The summed E-state index contributed by atoms with van der Waals surface area (Å²) >= 11 is 0. The van der Waals surface area contributed by atoms with E-state index < -0.39 is 10.0 Å². The molecular formula is C24H25N3O4S. The summed E-state index contributed by atoms with van der Waals surface area (Å²) in [6.07, 6.45) is 3.87. The van der Waals surface area contributed by atoms with Gasteiger partial charge in [0.1, 0.15) is 0 Å². The SMILES string of the molecule is O=C1CCC(c2ccc3c(c2)CN(S(=O)(=O)c2ccc(C4=CCNCC4)cc2)C3)C(=O)N1. The molecule has 1 saturated heterocycles. The summed E-state index contributed by atoms with van der Waals surface area (Å²) in [5, 5.41) is 5.67. The van der Waals surface area contributed by atoms with Crippen molar-refractivity contribution in [1.29, 1.82) is 0 Å². The Balaban J connectivity index is 1.34. The Hall–Kier alpha value is -2.81. The first-order chi connectivity index (χ1) is 15.4. The molecule has 7 nitrogen and oxygen atoms in total. The molecule has 3 aliphatic rings. The number of sulfonamides is 1. The highest BCUT2D eigenvalue weighted by molar-refractivity contribution is 7.89. The van der Waals surface area contributed by atoms with E-state index in [-0.39, 0.29) is 29.2 Å². The lowest BCUT2D eigenvalue weighted by Gasteiger charge is -2.21. The topological polar surface area (TPSA) is 95.6 Å². The summed E-state index contributed by atoms with van der Waals surface area (Å²) in [4.78, 5) is 23.9.